The smallest absolute Gasteiger partial charge is 0.0514 e. The second-order valence-corrected chi connectivity index (χ2v) is 5.86. The van der Waals surface area contributed by atoms with Crippen molar-refractivity contribution < 1.29 is 20.4 Å². The molecule has 0 amide bonds. The maximum Gasteiger partial charge on any atom is 0.0514 e. The molecule has 0 fully saturated rings. The van der Waals surface area contributed by atoms with E-state index in [-0.39, 0.29) is 11.8 Å². The minimum Gasteiger partial charge on any atom is -0.393 e. The van der Waals surface area contributed by atoms with Crippen molar-refractivity contribution in [3.63, 3.8) is 0 Å². The summed E-state index contributed by atoms with van der Waals surface area (Å²) in [4.78, 5) is 0. The molecule has 0 rings (SSSR count). The summed E-state index contributed by atoms with van der Waals surface area (Å²) in [5.41, 5.74) is 0. The molecule has 4 N–H and O–H groups in total. The van der Waals surface area contributed by atoms with Crippen LogP contribution in [-0.4, -0.2) is 44.8 Å². The first-order chi connectivity index (χ1) is 8.22. The molecule has 4 heteroatoms. The molecule has 0 aliphatic carbocycles. The molecule has 110 valence electrons. The van der Waals surface area contributed by atoms with E-state index < -0.39 is 24.4 Å². The molecule has 4 atom stereocenters. The van der Waals surface area contributed by atoms with Crippen LogP contribution in [0.4, 0.5) is 0 Å². The van der Waals surface area contributed by atoms with Gasteiger partial charge in [0.2, 0.25) is 0 Å². The van der Waals surface area contributed by atoms with Crippen LogP contribution in [0.15, 0.2) is 0 Å². The number of hydrogen-bond donors (Lipinski definition) is 4. The van der Waals surface area contributed by atoms with Crippen LogP contribution in [0.2, 0.25) is 0 Å². The average molecular weight is 262 g/mol. The summed E-state index contributed by atoms with van der Waals surface area (Å²) in [6.07, 6.45) is 0.644. The zero-order valence-corrected chi connectivity index (χ0v) is 12.1. The fourth-order valence-electron chi connectivity index (χ4n) is 2.71. The van der Waals surface area contributed by atoms with Crippen LogP contribution < -0.4 is 0 Å². The standard InChI is InChI=1S/C14H30O4/c1-9(15)5-13(6-10(2)16)14(7-11(3)17)8-12(4)18/h9-18H,5-8H2,1-4H3. The average Bonchev–Trinajstić information content (AvgIpc) is 2.12. The van der Waals surface area contributed by atoms with Gasteiger partial charge in [0, 0.05) is 0 Å². The molecular weight excluding hydrogens is 232 g/mol. The lowest BCUT2D eigenvalue weighted by Gasteiger charge is -2.31. The Balaban J connectivity index is 4.69. The quantitative estimate of drug-likeness (QED) is 0.505. The van der Waals surface area contributed by atoms with Crippen molar-refractivity contribution in [1.82, 2.24) is 0 Å². The molecule has 0 radical (unpaired) electrons. The van der Waals surface area contributed by atoms with Crippen LogP contribution in [0, 0.1) is 11.8 Å². The molecule has 0 aromatic heterocycles. The van der Waals surface area contributed by atoms with Gasteiger partial charge in [-0.2, -0.15) is 0 Å². The molecule has 0 aliphatic rings. The molecule has 4 unspecified atom stereocenters. The Bertz CT molecular complexity index is 160. The summed E-state index contributed by atoms with van der Waals surface area (Å²) in [6, 6.07) is 0. The molecule has 0 heterocycles. The molecule has 0 saturated heterocycles. The highest BCUT2D eigenvalue weighted by Gasteiger charge is 2.26. The van der Waals surface area contributed by atoms with Gasteiger partial charge in [-0.3, -0.25) is 0 Å². The number of rotatable bonds is 9. The zero-order chi connectivity index (χ0) is 14.3. The van der Waals surface area contributed by atoms with Crippen molar-refractivity contribution in [2.45, 2.75) is 77.8 Å². The summed E-state index contributed by atoms with van der Waals surface area (Å²) in [5.74, 6) is 0.239. The SMILES string of the molecule is CC(O)CC(CC(C)O)C(CC(C)O)CC(C)O. The Kier molecular flexibility index (Phi) is 8.78. The van der Waals surface area contributed by atoms with Gasteiger partial charge in [-0.1, -0.05) is 0 Å². The first kappa shape index (κ1) is 17.8. The van der Waals surface area contributed by atoms with Gasteiger partial charge in [0.1, 0.15) is 0 Å². The first-order valence-corrected chi connectivity index (χ1v) is 6.94. The highest BCUT2D eigenvalue weighted by molar-refractivity contribution is 4.77. The van der Waals surface area contributed by atoms with E-state index in [1.165, 1.54) is 0 Å². The van der Waals surface area contributed by atoms with E-state index in [1.54, 1.807) is 27.7 Å². The van der Waals surface area contributed by atoms with Crippen molar-refractivity contribution in [3.05, 3.63) is 0 Å². The van der Waals surface area contributed by atoms with Crippen LogP contribution in [0.3, 0.4) is 0 Å². The van der Waals surface area contributed by atoms with Gasteiger partial charge in [0.05, 0.1) is 24.4 Å². The second-order valence-electron chi connectivity index (χ2n) is 5.86. The fraction of sp³-hybridized carbons (Fsp3) is 1.00. The lowest BCUT2D eigenvalue weighted by atomic mass is 9.78. The molecular formula is C14H30O4. The maximum absolute atomic E-state index is 9.55. The summed E-state index contributed by atoms with van der Waals surface area (Å²) in [6.45, 7) is 6.93. The summed E-state index contributed by atoms with van der Waals surface area (Å²) >= 11 is 0. The molecule has 0 saturated carbocycles. The zero-order valence-electron chi connectivity index (χ0n) is 12.1. The Morgan fingerprint density at radius 2 is 0.667 bits per heavy atom. The van der Waals surface area contributed by atoms with Gasteiger partial charge in [0.15, 0.2) is 0 Å². The Morgan fingerprint density at radius 3 is 0.778 bits per heavy atom. The van der Waals surface area contributed by atoms with Crippen molar-refractivity contribution in [3.8, 4) is 0 Å². The van der Waals surface area contributed by atoms with E-state index in [1.807, 2.05) is 0 Å². The first-order valence-electron chi connectivity index (χ1n) is 6.94. The Morgan fingerprint density at radius 1 is 0.500 bits per heavy atom. The van der Waals surface area contributed by atoms with E-state index in [0.29, 0.717) is 25.7 Å². The van der Waals surface area contributed by atoms with E-state index >= 15 is 0 Å². The third-order valence-corrected chi connectivity index (χ3v) is 3.24. The molecule has 0 aromatic rings. The molecule has 4 nitrogen and oxygen atoms in total. The second kappa shape index (κ2) is 8.86. The summed E-state index contributed by atoms with van der Waals surface area (Å²) in [7, 11) is 0. The van der Waals surface area contributed by atoms with Gasteiger partial charge in [-0.05, 0) is 65.2 Å². The molecule has 0 aromatic carbocycles. The van der Waals surface area contributed by atoms with Gasteiger partial charge < -0.3 is 20.4 Å². The third kappa shape index (κ3) is 8.86. The summed E-state index contributed by atoms with van der Waals surface area (Å²) in [5, 5.41) is 38.2. The highest BCUT2D eigenvalue weighted by atomic mass is 16.3. The molecule has 18 heavy (non-hydrogen) atoms. The maximum atomic E-state index is 9.55. The van der Waals surface area contributed by atoms with Gasteiger partial charge >= 0.3 is 0 Å². The van der Waals surface area contributed by atoms with Crippen molar-refractivity contribution in [2.24, 2.45) is 11.8 Å². The lowest BCUT2D eigenvalue weighted by Crippen LogP contribution is -2.28. The molecule has 0 bridgehead atoms. The van der Waals surface area contributed by atoms with Crippen molar-refractivity contribution in [1.29, 1.82) is 0 Å². The van der Waals surface area contributed by atoms with Crippen LogP contribution in [0.5, 0.6) is 0 Å². The van der Waals surface area contributed by atoms with Crippen LogP contribution in [0.25, 0.3) is 0 Å². The minimum absolute atomic E-state index is 0.120. The normalized spacial score (nSPS) is 22.0. The monoisotopic (exact) mass is 262 g/mol. The van der Waals surface area contributed by atoms with E-state index in [4.69, 9.17) is 0 Å². The van der Waals surface area contributed by atoms with Crippen molar-refractivity contribution >= 4 is 0 Å². The van der Waals surface area contributed by atoms with Crippen LogP contribution in [0.1, 0.15) is 53.4 Å². The molecule has 0 aliphatic heterocycles. The lowest BCUT2D eigenvalue weighted by molar-refractivity contribution is 0.0484. The molecule has 0 spiro atoms. The van der Waals surface area contributed by atoms with Gasteiger partial charge in [-0.25, -0.2) is 0 Å². The van der Waals surface area contributed by atoms with E-state index in [0.717, 1.165) is 0 Å². The van der Waals surface area contributed by atoms with Crippen LogP contribution in [-0.2, 0) is 0 Å². The number of aliphatic hydroxyl groups is 4. The predicted octanol–water partition coefficient (Wildman–Crippen LogP) is 1.30. The minimum atomic E-state index is -0.431. The number of aliphatic hydroxyl groups excluding tert-OH is 4. The predicted molar refractivity (Wildman–Crippen MR) is 72.2 cm³/mol. The number of hydrogen-bond acceptors (Lipinski definition) is 4. The van der Waals surface area contributed by atoms with Gasteiger partial charge in [0.25, 0.3) is 0 Å². The Hall–Kier alpha value is -0.160. The van der Waals surface area contributed by atoms with Crippen LogP contribution >= 0.6 is 0 Å². The largest absolute Gasteiger partial charge is 0.393 e. The van der Waals surface area contributed by atoms with E-state index in [2.05, 4.69) is 0 Å². The topological polar surface area (TPSA) is 80.9 Å². The Labute approximate surface area is 111 Å². The van der Waals surface area contributed by atoms with Gasteiger partial charge in [-0.15, -0.1) is 0 Å². The van der Waals surface area contributed by atoms with E-state index in [9.17, 15) is 20.4 Å². The highest BCUT2D eigenvalue weighted by Crippen LogP contribution is 2.30. The fourth-order valence-corrected chi connectivity index (χ4v) is 2.71. The summed E-state index contributed by atoms with van der Waals surface area (Å²) < 4.78 is 0. The third-order valence-electron chi connectivity index (χ3n) is 3.24. The van der Waals surface area contributed by atoms with Crippen molar-refractivity contribution in [2.75, 3.05) is 0 Å².